The SMILES string of the molecule is O=C(NCCN1CCCC1)C1=CN2C3CC(Cl)CCC3OC3C(F)C(F)CC(C1=O)C32. The fourth-order valence-electron chi connectivity index (χ4n) is 6.09. The van der Waals surface area contributed by atoms with Gasteiger partial charge in [-0.2, -0.15) is 0 Å². The van der Waals surface area contributed by atoms with E-state index >= 15 is 0 Å². The Kier molecular flexibility index (Phi) is 5.99. The smallest absolute Gasteiger partial charge is 0.256 e. The van der Waals surface area contributed by atoms with Crippen molar-refractivity contribution in [1.29, 1.82) is 0 Å². The van der Waals surface area contributed by atoms with Gasteiger partial charge in [0.2, 0.25) is 0 Å². The number of Topliss-reactive ketones (excluding diaryl/α,β-unsaturated/α-hetero) is 1. The highest BCUT2D eigenvalue weighted by Gasteiger charge is 2.59. The molecule has 1 N–H and O–H groups in total. The van der Waals surface area contributed by atoms with Gasteiger partial charge in [-0.25, -0.2) is 8.78 Å². The van der Waals surface area contributed by atoms with Gasteiger partial charge in [0.15, 0.2) is 12.0 Å². The Labute approximate surface area is 186 Å². The molecule has 0 spiro atoms. The third kappa shape index (κ3) is 3.89. The van der Waals surface area contributed by atoms with E-state index in [0.717, 1.165) is 26.1 Å². The Hall–Kier alpha value is -1.25. The zero-order chi connectivity index (χ0) is 21.7. The van der Waals surface area contributed by atoms with Crippen molar-refractivity contribution >= 4 is 23.3 Å². The van der Waals surface area contributed by atoms with Crippen LogP contribution in [0, 0.1) is 5.92 Å². The first-order valence-corrected chi connectivity index (χ1v) is 12.0. The summed E-state index contributed by atoms with van der Waals surface area (Å²) in [5, 5.41) is 2.82. The van der Waals surface area contributed by atoms with Crippen LogP contribution in [0.2, 0.25) is 0 Å². The number of hydrogen-bond acceptors (Lipinski definition) is 5. The number of rotatable bonds is 4. The van der Waals surface area contributed by atoms with Crippen molar-refractivity contribution < 1.29 is 23.1 Å². The third-order valence-electron chi connectivity index (χ3n) is 7.67. The molecule has 31 heavy (non-hydrogen) atoms. The molecule has 0 aromatic rings. The summed E-state index contributed by atoms with van der Waals surface area (Å²) >= 11 is 6.41. The largest absolute Gasteiger partial charge is 0.368 e. The Bertz CT molecular complexity index is 762. The van der Waals surface area contributed by atoms with Gasteiger partial charge >= 0.3 is 0 Å². The molecule has 0 bridgehead atoms. The molecule has 2 saturated carbocycles. The molecule has 9 heteroatoms. The normalized spacial score (nSPS) is 42.6. The van der Waals surface area contributed by atoms with Gasteiger partial charge in [-0.1, -0.05) is 0 Å². The Balaban J connectivity index is 1.39. The van der Waals surface area contributed by atoms with Crippen LogP contribution in [-0.2, 0) is 14.3 Å². The molecule has 5 aliphatic rings. The number of halogens is 3. The second-order valence-electron chi connectivity index (χ2n) is 9.57. The van der Waals surface area contributed by atoms with Gasteiger partial charge < -0.3 is 19.9 Å². The Morgan fingerprint density at radius 2 is 2.00 bits per heavy atom. The van der Waals surface area contributed by atoms with Gasteiger partial charge in [0.05, 0.1) is 23.8 Å². The summed E-state index contributed by atoms with van der Waals surface area (Å²) in [5.74, 6) is -1.62. The minimum Gasteiger partial charge on any atom is -0.368 e. The number of nitrogens with zero attached hydrogens (tertiary/aromatic N) is 2. The van der Waals surface area contributed by atoms with Crippen LogP contribution in [0.5, 0.6) is 0 Å². The molecule has 5 rings (SSSR count). The molecule has 3 aliphatic heterocycles. The van der Waals surface area contributed by atoms with Crippen LogP contribution in [-0.4, -0.2) is 89.7 Å². The van der Waals surface area contributed by atoms with Crippen LogP contribution >= 0.6 is 11.6 Å². The number of nitrogens with one attached hydrogen (secondary N) is 1. The van der Waals surface area contributed by atoms with Crippen molar-refractivity contribution in [2.24, 2.45) is 5.92 Å². The van der Waals surface area contributed by atoms with Crippen molar-refractivity contribution in [2.45, 2.75) is 80.5 Å². The minimum absolute atomic E-state index is 0.0395. The number of hydrogen-bond donors (Lipinski definition) is 1. The molecule has 0 aromatic carbocycles. The summed E-state index contributed by atoms with van der Waals surface area (Å²) in [6, 6.07) is -0.720. The van der Waals surface area contributed by atoms with E-state index in [1.165, 1.54) is 12.8 Å². The molecule has 172 valence electrons. The molecule has 3 heterocycles. The van der Waals surface area contributed by atoms with E-state index in [0.29, 0.717) is 19.4 Å². The van der Waals surface area contributed by atoms with Crippen LogP contribution in [0.3, 0.4) is 0 Å². The lowest BCUT2D eigenvalue weighted by atomic mass is 9.71. The number of likely N-dealkylation sites (tertiary alicyclic amines) is 1. The van der Waals surface area contributed by atoms with Crippen molar-refractivity contribution in [3.63, 3.8) is 0 Å². The van der Waals surface area contributed by atoms with E-state index in [1.807, 2.05) is 4.90 Å². The standard InChI is InChI=1S/C22H30ClF2N3O3/c23-12-3-4-17-16(9-12)28-11-14(22(30)26-5-8-27-6-1-2-7-27)20(29)13-10-15(24)18(25)21(31-17)19(13)28/h11-13,15-19,21H,1-10H2,(H,26,30). The van der Waals surface area contributed by atoms with Gasteiger partial charge in [-0.15, -0.1) is 11.6 Å². The Morgan fingerprint density at radius 3 is 2.77 bits per heavy atom. The van der Waals surface area contributed by atoms with Crippen LogP contribution < -0.4 is 5.32 Å². The molecule has 8 unspecified atom stereocenters. The van der Waals surface area contributed by atoms with E-state index < -0.39 is 42.1 Å². The average Bonchev–Trinajstić information content (AvgIpc) is 3.27. The van der Waals surface area contributed by atoms with E-state index in [1.54, 1.807) is 6.20 Å². The van der Waals surface area contributed by atoms with Crippen molar-refractivity contribution in [3.05, 3.63) is 11.8 Å². The summed E-state index contributed by atoms with van der Waals surface area (Å²) in [4.78, 5) is 30.3. The second-order valence-corrected chi connectivity index (χ2v) is 10.2. The number of ether oxygens (including phenoxy) is 1. The van der Waals surface area contributed by atoms with Gasteiger partial charge in [0, 0.05) is 30.6 Å². The number of carbonyl (C=O) groups is 2. The predicted molar refractivity (Wildman–Crippen MR) is 111 cm³/mol. The molecule has 1 amide bonds. The van der Waals surface area contributed by atoms with Crippen LogP contribution in [0.4, 0.5) is 8.78 Å². The van der Waals surface area contributed by atoms with Crippen LogP contribution in [0.25, 0.3) is 0 Å². The maximum Gasteiger partial charge on any atom is 0.256 e. The molecule has 2 saturated heterocycles. The van der Waals surface area contributed by atoms with Crippen molar-refractivity contribution in [1.82, 2.24) is 15.1 Å². The lowest BCUT2D eigenvalue weighted by Gasteiger charge is -2.58. The maximum absolute atomic E-state index is 14.8. The minimum atomic E-state index is -1.77. The number of carbonyl (C=O) groups excluding carboxylic acids is 2. The predicted octanol–water partition coefficient (Wildman–Crippen LogP) is 1.96. The number of fused-ring (bicyclic) bond motifs is 2. The molecular formula is C22H30ClF2N3O3. The van der Waals surface area contributed by atoms with E-state index in [9.17, 15) is 18.4 Å². The van der Waals surface area contributed by atoms with Gasteiger partial charge in [0.25, 0.3) is 5.91 Å². The second kappa shape index (κ2) is 8.60. The molecule has 0 aromatic heterocycles. The number of ketones is 1. The monoisotopic (exact) mass is 457 g/mol. The fraction of sp³-hybridized carbons (Fsp3) is 0.818. The van der Waals surface area contributed by atoms with Crippen molar-refractivity contribution in [3.8, 4) is 0 Å². The number of morpholine rings is 1. The maximum atomic E-state index is 14.8. The number of alkyl halides is 3. The zero-order valence-electron chi connectivity index (χ0n) is 17.5. The van der Waals surface area contributed by atoms with E-state index in [4.69, 9.17) is 16.3 Å². The van der Waals surface area contributed by atoms with E-state index in [-0.39, 0.29) is 29.5 Å². The molecule has 2 aliphatic carbocycles. The van der Waals surface area contributed by atoms with Gasteiger partial charge in [-0.05, 0) is 51.6 Å². The summed E-state index contributed by atoms with van der Waals surface area (Å²) in [6.07, 6.45) is 0.936. The third-order valence-corrected chi connectivity index (χ3v) is 8.07. The fourth-order valence-corrected chi connectivity index (χ4v) is 6.40. The van der Waals surface area contributed by atoms with Crippen molar-refractivity contribution in [2.75, 3.05) is 26.2 Å². The lowest BCUT2D eigenvalue weighted by molar-refractivity contribution is -0.209. The topological polar surface area (TPSA) is 61.9 Å². The first kappa shape index (κ1) is 21.6. The summed E-state index contributed by atoms with van der Waals surface area (Å²) in [5.41, 5.74) is 0.0447. The molecule has 4 fully saturated rings. The molecule has 0 radical (unpaired) electrons. The van der Waals surface area contributed by atoms with Crippen LogP contribution in [0.1, 0.15) is 38.5 Å². The highest BCUT2D eigenvalue weighted by Crippen LogP contribution is 2.46. The van der Waals surface area contributed by atoms with Gasteiger partial charge in [-0.3, -0.25) is 9.59 Å². The lowest BCUT2D eigenvalue weighted by Crippen LogP contribution is -2.70. The zero-order valence-corrected chi connectivity index (χ0v) is 18.3. The molecule has 8 atom stereocenters. The summed E-state index contributed by atoms with van der Waals surface area (Å²) < 4.78 is 35.3. The first-order valence-electron chi connectivity index (χ1n) is 11.6. The molecule has 6 nitrogen and oxygen atoms in total. The van der Waals surface area contributed by atoms with Gasteiger partial charge in [0.1, 0.15) is 12.3 Å². The summed E-state index contributed by atoms with van der Waals surface area (Å²) in [7, 11) is 0. The number of amides is 1. The summed E-state index contributed by atoms with van der Waals surface area (Å²) in [6.45, 7) is 3.26. The molecular weight excluding hydrogens is 428 g/mol. The average molecular weight is 458 g/mol. The van der Waals surface area contributed by atoms with Crippen LogP contribution in [0.15, 0.2) is 11.8 Å². The highest BCUT2D eigenvalue weighted by molar-refractivity contribution is 6.21. The first-order chi connectivity index (χ1) is 14.9. The van der Waals surface area contributed by atoms with E-state index in [2.05, 4.69) is 10.2 Å². The Morgan fingerprint density at radius 1 is 1.23 bits per heavy atom. The quantitative estimate of drug-likeness (QED) is 0.516. The highest BCUT2D eigenvalue weighted by atomic mass is 35.5.